The summed E-state index contributed by atoms with van der Waals surface area (Å²) in [4.78, 5) is 23.1. The first-order valence-corrected chi connectivity index (χ1v) is 6.49. The Morgan fingerprint density at radius 1 is 1.20 bits per heavy atom. The maximum Gasteiger partial charge on any atom is 0.326 e. The molecule has 5 heteroatoms. The molecule has 0 spiro atoms. The highest BCUT2D eigenvalue weighted by atomic mass is 16.4. The van der Waals surface area contributed by atoms with Crippen molar-refractivity contribution in [2.45, 2.75) is 40.7 Å². The van der Waals surface area contributed by atoms with Crippen LogP contribution < -0.4 is 10.6 Å². The number of nitrogens with one attached hydrogen (secondary N) is 2. The lowest BCUT2D eigenvalue weighted by molar-refractivity contribution is -0.141. The van der Waals surface area contributed by atoms with Gasteiger partial charge < -0.3 is 15.7 Å². The zero-order chi connectivity index (χ0) is 15.5. The first-order valence-electron chi connectivity index (χ1n) is 6.49. The Labute approximate surface area is 119 Å². The third kappa shape index (κ3) is 4.26. The van der Waals surface area contributed by atoms with Gasteiger partial charge in [0.05, 0.1) is 0 Å². The summed E-state index contributed by atoms with van der Waals surface area (Å²) in [7, 11) is 0. The lowest BCUT2D eigenvalue weighted by Crippen LogP contribution is -2.50. The topological polar surface area (TPSA) is 78.4 Å². The summed E-state index contributed by atoms with van der Waals surface area (Å²) < 4.78 is 0. The fraction of sp³-hybridized carbons (Fsp3) is 0.467. The van der Waals surface area contributed by atoms with Crippen molar-refractivity contribution in [3.63, 3.8) is 0 Å². The van der Waals surface area contributed by atoms with E-state index in [1.54, 1.807) is 26.8 Å². The zero-order valence-corrected chi connectivity index (χ0v) is 12.6. The molecule has 1 atom stereocenters. The lowest BCUT2D eigenvalue weighted by atomic mass is 9.87. The minimum atomic E-state index is -1.05. The van der Waals surface area contributed by atoms with Crippen molar-refractivity contribution in [1.82, 2.24) is 5.32 Å². The van der Waals surface area contributed by atoms with Gasteiger partial charge in [-0.25, -0.2) is 9.59 Å². The van der Waals surface area contributed by atoms with Crippen molar-refractivity contribution in [3.05, 3.63) is 29.3 Å². The molecule has 0 heterocycles. The van der Waals surface area contributed by atoms with Crippen molar-refractivity contribution in [2.24, 2.45) is 5.41 Å². The smallest absolute Gasteiger partial charge is 0.326 e. The van der Waals surface area contributed by atoms with E-state index in [9.17, 15) is 14.7 Å². The number of aliphatic carboxylic acids is 1. The van der Waals surface area contributed by atoms with Gasteiger partial charge in [-0.1, -0.05) is 38.5 Å². The molecule has 0 bridgehead atoms. The highest BCUT2D eigenvalue weighted by molar-refractivity contribution is 5.93. The van der Waals surface area contributed by atoms with Crippen molar-refractivity contribution < 1.29 is 14.7 Å². The maximum absolute atomic E-state index is 11.9. The Kier molecular flexibility index (Phi) is 4.76. The van der Waals surface area contributed by atoms with Crippen LogP contribution in [0.25, 0.3) is 0 Å². The molecule has 0 saturated heterocycles. The number of rotatable bonds is 3. The molecule has 1 unspecified atom stereocenters. The van der Waals surface area contributed by atoms with Crippen LogP contribution in [0.1, 0.15) is 31.9 Å². The molecule has 0 aromatic heterocycles. The minimum absolute atomic E-state index is 0.515. The predicted octanol–water partition coefficient (Wildman–Crippen LogP) is 2.92. The number of carboxylic acids is 1. The number of carboxylic acid groups (broad SMARTS) is 1. The molecule has 0 radical (unpaired) electrons. The van der Waals surface area contributed by atoms with E-state index in [0.717, 1.165) is 11.1 Å². The fourth-order valence-electron chi connectivity index (χ4n) is 1.89. The van der Waals surface area contributed by atoms with Crippen LogP contribution in [0.15, 0.2) is 18.2 Å². The second kappa shape index (κ2) is 5.94. The standard InChI is InChI=1S/C15H22N2O3/c1-9-6-7-11(10(2)8-9)16-14(20)17-12(13(18)19)15(3,4)5/h6-8,12H,1-5H3,(H,18,19)(H2,16,17,20). The van der Waals surface area contributed by atoms with Gasteiger partial charge in [0.15, 0.2) is 0 Å². The summed E-state index contributed by atoms with van der Waals surface area (Å²) in [5.41, 5.74) is 2.14. The molecular weight excluding hydrogens is 256 g/mol. The van der Waals surface area contributed by atoms with Crippen LogP contribution in [0.5, 0.6) is 0 Å². The molecule has 0 aliphatic rings. The Morgan fingerprint density at radius 3 is 2.25 bits per heavy atom. The van der Waals surface area contributed by atoms with Gasteiger partial charge in [-0.2, -0.15) is 0 Å². The van der Waals surface area contributed by atoms with Gasteiger partial charge in [0.1, 0.15) is 6.04 Å². The number of hydrogen-bond acceptors (Lipinski definition) is 2. The predicted molar refractivity (Wildman–Crippen MR) is 78.9 cm³/mol. The van der Waals surface area contributed by atoms with Crippen LogP contribution in [0.4, 0.5) is 10.5 Å². The van der Waals surface area contributed by atoms with Crippen molar-refractivity contribution in [2.75, 3.05) is 5.32 Å². The summed E-state index contributed by atoms with van der Waals surface area (Å²) >= 11 is 0. The van der Waals surface area contributed by atoms with E-state index in [0.29, 0.717) is 5.69 Å². The molecule has 0 aliphatic heterocycles. The summed E-state index contributed by atoms with van der Waals surface area (Å²) in [5, 5.41) is 14.4. The molecule has 1 aromatic rings. The first kappa shape index (κ1) is 16.0. The maximum atomic E-state index is 11.9. The van der Waals surface area contributed by atoms with Crippen molar-refractivity contribution in [3.8, 4) is 0 Å². The molecule has 2 amide bonds. The van der Waals surface area contributed by atoms with Crippen LogP contribution in [0.2, 0.25) is 0 Å². The Bertz CT molecular complexity index is 518. The number of urea groups is 1. The quantitative estimate of drug-likeness (QED) is 0.795. The third-order valence-corrected chi connectivity index (χ3v) is 3.02. The highest BCUT2D eigenvalue weighted by Gasteiger charge is 2.32. The van der Waals surface area contributed by atoms with Crippen LogP contribution in [0.3, 0.4) is 0 Å². The van der Waals surface area contributed by atoms with Gasteiger partial charge >= 0.3 is 12.0 Å². The second-order valence-corrected chi connectivity index (χ2v) is 6.05. The SMILES string of the molecule is Cc1ccc(NC(=O)NC(C(=O)O)C(C)(C)C)c(C)c1. The van der Waals surface area contributed by atoms with E-state index in [1.165, 1.54) is 0 Å². The summed E-state index contributed by atoms with van der Waals surface area (Å²) in [5.74, 6) is -1.05. The van der Waals surface area contributed by atoms with Crippen LogP contribution in [0, 0.1) is 19.3 Å². The van der Waals surface area contributed by atoms with Crippen molar-refractivity contribution in [1.29, 1.82) is 0 Å². The number of carbonyl (C=O) groups is 2. The second-order valence-electron chi connectivity index (χ2n) is 6.05. The number of benzene rings is 1. The number of aryl methyl sites for hydroxylation is 2. The Morgan fingerprint density at radius 2 is 1.80 bits per heavy atom. The molecule has 0 fully saturated rings. The van der Waals surface area contributed by atoms with Gasteiger partial charge in [-0.3, -0.25) is 0 Å². The number of anilines is 1. The molecule has 20 heavy (non-hydrogen) atoms. The molecule has 5 nitrogen and oxygen atoms in total. The summed E-state index contributed by atoms with van der Waals surface area (Å²) in [6.45, 7) is 9.16. The highest BCUT2D eigenvalue weighted by Crippen LogP contribution is 2.20. The molecule has 1 aromatic carbocycles. The van der Waals surface area contributed by atoms with Crippen molar-refractivity contribution >= 4 is 17.7 Å². The molecule has 110 valence electrons. The lowest BCUT2D eigenvalue weighted by Gasteiger charge is -2.27. The van der Waals surface area contributed by atoms with E-state index in [1.807, 2.05) is 26.0 Å². The Balaban J connectivity index is 2.79. The number of amides is 2. The average Bonchev–Trinajstić information content (AvgIpc) is 2.28. The van der Waals surface area contributed by atoms with E-state index in [2.05, 4.69) is 10.6 Å². The Hall–Kier alpha value is -2.04. The molecule has 1 rings (SSSR count). The largest absolute Gasteiger partial charge is 0.480 e. The van der Waals surface area contributed by atoms with Crippen LogP contribution >= 0.6 is 0 Å². The van der Waals surface area contributed by atoms with Crippen LogP contribution in [-0.4, -0.2) is 23.1 Å². The van der Waals surface area contributed by atoms with E-state index in [4.69, 9.17) is 0 Å². The van der Waals surface area contributed by atoms with Gasteiger partial charge in [0.2, 0.25) is 0 Å². The van der Waals surface area contributed by atoms with E-state index < -0.39 is 23.5 Å². The molecular formula is C15H22N2O3. The van der Waals surface area contributed by atoms with Gasteiger partial charge in [0, 0.05) is 5.69 Å². The normalized spacial score (nSPS) is 12.7. The summed E-state index contributed by atoms with van der Waals surface area (Å²) in [6.07, 6.45) is 0. The molecule has 0 saturated carbocycles. The van der Waals surface area contributed by atoms with Gasteiger partial charge in [-0.15, -0.1) is 0 Å². The number of carbonyl (C=O) groups excluding carboxylic acids is 1. The minimum Gasteiger partial charge on any atom is -0.480 e. The monoisotopic (exact) mass is 278 g/mol. The van der Waals surface area contributed by atoms with Gasteiger partial charge in [-0.05, 0) is 30.9 Å². The molecule has 0 aliphatic carbocycles. The van der Waals surface area contributed by atoms with Crippen LogP contribution in [-0.2, 0) is 4.79 Å². The fourth-order valence-corrected chi connectivity index (χ4v) is 1.89. The summed E-state index contributed by atoms with van der Waals surface area (Å²) in [6, 6.07) is 4.18. The number of hydrogen-bond donors (Lipinski definition) is 3. The molecule has 3 N–H and O–H groups in total. The third-order valence-electron chi connectivity index (χ3n) is 3.02. The average molecular weight is 278 g/mol. The van der Waals surface area contributed by atoms with E-state index in [-0.39, 0.29) is 0 Å². The first-order chi connectivity index (χ1) is 9.11. The van der Waals surface area contributed by atoms with E-state index >= 15 is 0 Å². The van der Waals surface area contributed by atoms with Gasteiger partial charge in [0.25, 0.3) is 0 Å². The zero-order valence-electron chi connectivity index (χ0n) is 12.6.